The van der Waals surface area contributed by atoms with E-state index in [1.54, 1.807) is 6.07 Å². The lowest BCUT2D eigenvalue weighted by molar-refractivity contribution is 0.0697. The van der Waals surface area contributed by atoms with Gasteiger partial charge in [-0.25, -0.2) is 4.79 Å². The molecule has 0 fully saturated rings. The molecule has 5 heteroatoms. The summed E-state index contributed by atoms with van der Waals surface area (Å²) in [4.78, 5) is 10.8. The van der Waals surface area contributed by atoms with Crippen LogP contribution < -0.4 is 11.1 Å². The molecule has 0 saturated carbocycles. The van der Waals surface area contributed by atoms with Crippen molar-refractivity contribution in [3.05, 3.63) is 51.6 Å². The summed E-state index contributed by atoms with van der Waals surface area (Å²) in [6.45, 7) is 0. The number of aromatic carboxylic acids is 1. The molecule has 0 saturated heterocycles. The third kappa shape index (κ3) is 2.73. The second-order valence-corrected chi connectivity index (χ2v) is 4.87. The number of carboxylic acid groups (broad SMARTS) is 1. The second-order valence-electron chi connectivity index (χ2n) is 3.71. The molecule has 0 radical (unpaired) electrons. The van der Waals surface area contributed by atoms with Crippen molar-refractivity contribution >= 4 is 45.6 Å². The van der Waals surface area contributed by atoms with Crippen molar-refractivity contribution in [2.75, 3.05) is 11.1 Å². The number of anilines is 3. The Kier molecular flexibility index (Phi) is 3.71. The molecule has 2 rings (SSSR count). The van der Waals surface area contributed by atoms with Gasteiger partial charge in [0.1, 0.15) is 0 Å². The van der Waals surface area contributed by atoms with Crippen molar-refractivity contribution < 1.29 is 9.90 Å². The van der Waals surface area contributed by atoms with Crippen molar-refractivity contribution in [1.29, 1.82) is 0 Å². The van der Waals surface area contributed by atoms with Gasteiger partial charge in [-0.2, -0.15) is 0 Å². The maximum atomic E-state index is 10.8. The summed E-state index contributed by atoms with van der Waals surface area (Å²) in [6.07, 6.45) is 0. The average Bonchev–Trinajstić information content (AvgIpc) is 2.34. The van der Waals surface area contributed by atoms with Gasteiger partial charge in [-0.3, -0.25) is 0 Å². The van der Waals surface area contributed by atoms with Crippen LogP contribution in [0.4, 0.5) is 17.1 Å². The summed E-state index contributed by atoms with van der Waals surface area (Å²) < 4.78 is 1.07. The van der Waals surface area contributed by atoms with Gasteiger partial charge < -0.3 is 16.2 Å². The molecule has 0 aliphatic rings. The first-order valence-electron chi connectivity index (χ1n) is 5.22. The van der Waals surface area contributed by atoms with Crippen molar-refractivity contribution in [1.82, 2.24) is 0 Å². The van der Waals surface area contributed by atoms with Crippen LogP contribution in [0.15, 0.2) is 42.5 Å². The molecule has 4 N–H and O–H groups in total. The monoisotopic (exact) mass is 354 g/mol. The van der Waals surface area contributed by atoms with E-state index < -0.39 is 5.97 Å². The molecular weight excluding hydrogens is 343 g/mol. The Labute approximate surface area is 118 Å². The number of halogens is 1. The Hall–Kier alpha value is -1.76. The molecule has 0 heterocycles. The highest BCUT2D eigenvalue weighted by molar-refractivity contribution is 14.1. The minimum Gasteiger partial charge on any atom is -0.478 e. The van der Waals surface area contributed by atoms with Crippen LogP contribution in [0.2, 0.25) is 0 Å². The van der Waals surface area contributed by atoms with Crippen LogP contribution in [0.1, 0.15) is 10.4 Å². The number of para-hydroxylation sites is 1. The average molecular weight is 354 g/mol. The lowest BCUT2D eigenvalue weighted by Gasteiger charge is -2.11. The minimum atomic E-state index is -0.984. The van der Waals surface area contributed by atoms with Gasteiger partial charge in [0, 0.05) is 3.57 Å². The zero-order chi connectivity index (χ0) is 13.1. The Balaban J connectivity index is 2.30. The molecule has 4 nitrogen and oxygen atoms in total. The van der Waals surface area contributed by atoms with E-state index in [2.05, 4.69) is 27.9 Å². The second kappa shape index (κ2) is 5.26. The third-order valence-electron chi connectivity index (χ3n) is 2.44. The lowest BCUT2D eigenvalue weighted by Crippen LogP contribution is -2.01. The Bertz CT molecular complexity index is 599. The highest BCUT2D eigenvalue weighted by Gasteiger charge is 2.07. The van der Waals surface area contributed by atoms with Crippen LogP contribution in [0.25, 0.3) is 0 Å². The molecule has 0 atom stereocenters. The van der Waals surface area contributed by atoms with Crippen molar-refractivity contribution in [3.63, 3.8) is 0 Å². The first kappa shape index (κ1) is 12.7. The summed E-state index contributed by atoms with van der Waals surface area (Å²) in [6, 6.07) is 12.4. The number of nitrogen functional groups attached to an aromatic ring is 1. The summed E-state index contributed by atoms with van der Waals surface area (Å²) in [5, 5.41) is 12.0. The topological polar surface area (TPSA) is 75.4 Å². The molecule has 2 aromatic rings. The number of benzene rings is 2. The predicted molar refractivity (Wildman–Crippen MR) is 80.3 cm³/mol. The fourth-order valence-electron chi connectivity index (χ4n) is 1.52. The quantitative estimate of drug-likeness (QED) is 0.584. The van der Waals surface area contributed by atoms with Gasteiger partial charge in [0.05, 0.1) is 22.6 Å². The van der Waals surface area contributed by atoms with Crippen LogP contribution in [0.5, 0.6) is 0 Å². The molecule has 0 spiro atoms. The standard InChI is InChI=1S/C13H11IN2O2/c14-9-3-1-2-4-11(9)16-12-6-5-8(13(17)18)7-10(12)15/h1-7,16H,15H2,(H,17,18). The van der Waals surface area contributed by atoms with Crippen LogP contribution in [0, 0.1) is 3.57 Å². The number of hydrogen-bond donors (Lipinski definition) is 3. The summed E-state index contributed by atoms with van der Waals surface area (Å²) in [7, 11) is 0. The third-order valence-corrected chi connectivity index (χ3v) is 3.38. The molecule has 0 aromatic heterocycles. The van der Waals surface area contributed by atoms with E-state index in [9.17, 15) is 4.79 Å². The van der Waals surface area contributed by atoms with E-state index in [0.29, 0.717) is 11.4 Å². The number of carboxylic acids is 1. The first-order chi connectivity index (χ1) is 8.58. The molecule has 0 aliphatic heterocycles. The number of nitrogens with one attached hydrogen (secondary N) is 1. The van der Waals surface area contributed by atoms with Gasteiger partial charge in [0.2, 0.25) is 0 Å². The van der Waals surface area contributed by atoms with Gasteiger partial charge in [-0.1, -0.05) is 12.1 Å². The normalized spacial score (nSPS) is 10.1. The van der Waals surface area contributed by atoms with Crippen molar-refractivity contribution in [2.24, 2.45) is 0 Å². The van der Waals surface area contributed by atoms with Gasteiger partial charge in [0.15, 0.2) is 0 Å². The number of nitrogens with two attached hydrogens (primary N) is 1. The lowest BCUT2D eigenvalue weighted by atomic mass is 10.1. The predicted octanol–water partition coefficient (Wildman–Crippen LogP) is 3.32. The highest BCUT2D eigenvalue weighted by Crippen LogP contribution is 2.27. The van der Waals surface area contributed by atoms with Crippen LogP contribution >= 0.6 is 22.6 Å². The van der Waals surface area contributed by atoms with Gasteiger partial charge in [0.25, 0.3) is 0 Å². The van der Waals surface area contributed by atoms with E-state index in [0.717, 1.165) is 9.26 Å². The van der Waals surface area contributed by atoms with E-state index in [-0.39, 0.29) is 5.56 Å². The van der Waals surface area contributed by atoms with Crippen molar-refractivity contribution in [3.8, 4) is 0 Å². The minimum absolute atomic E-state index is 0.181. The molecule has 0 unspecified atom stereocenters. The maximum Gasteiger partial charge on any atom is 0.335 e. The summed E-state index contributed by atoms with van der Waals surface area (Å²) >= 11 is 2.22. The zero-order valence-electron chi connectivity index (χ0n) is 9.35. The molecule has 0 amide bonds. The van der Waals surface area contributed by atoms with Crippen LogP contribution in [-0.4, -0.2) is 11.1 Å². The number of carbonyl (C=O) groups is 1. The number of hydrogen-bond acceptors (Lipinski definition) is 3. The Morgan fingerprint density at radius 3 is 2.50 bits per heavy atom. The molecule has 0 aliphatic carbocycles. The van der Waals surface area contributed by atoms with E-state index in [4.69, 9.17) is 10.8 Å². The van der Waals surface area contributed by atoms with Gasteiger partial charge in [-0.15, -0.1) is 0 Å². The Morgan fingerprint density at radius 1 is 1.17 bits per heavy atom. The Morgan fingerprint density at radius 2 is 1.89 bits per heavy atom. The van der Waals surface area contributed by atoms with Crippen LogP contribution in [-0.2, 0) is 0 Å². The fourth-order valence-corrected chi connectivity index (χ4v) is 2.04. The summed E-state index contributed by atoms with van der Waals surface area (Å²) in [5.74, 6) is -0.984. The maximum absolute atomic E-state index is 10.8. The SMILES string of the molecule is Nc1cc(C(=O)O)ccc1Nc1ccccc1I. The van der Waals surface area contributed by atoms with E-state index in [1.807, 2.05) is 24.3 Å². The molecule has 92 valence electrons. The van der Waals surface area contributed by atoms with E-state index in [1.165, 1.54) is 12.1 Å². The molecule has 0 bridgehead atoms. The van der Waals surface area contributed by atoms with Gasteiger partial charge in [-0.05, 0) is 52.9 Å². The molecule has 2 aromatic carbocycles. The fraction of sp³-hybridized carbons (Fsp3) is 0. The van der Waals surface area contributed by atoms with Crippen LogP contribution in [0.3, 0.4) is 0 Å². The number of rotatable bonds is 3. The molecule has 18 heavy (non-hydrogen) atoms. The highest BCUT2D eigenvalue weighted by atomic mass is 127. The van der Waals surface area contributed by atoms with Gasteiger partial charge >= 0.3 is 5.97 Å². The van der Waals surface area contributed by atoms with Crippen molar-refractivity contribution in [2.45, 2.75) is 0 Å². The van der Waals surface area contributed by atoms with E-state index >= 15 is 0 Å². The summed E-state index contributed by atoms with van der Waals surface area (Å²) in [5.41, 5.74) is 8.06. The smallest absolute Gasteiger partial charge is 0.335 e. The molecular formula is C13H11IN2O2. The zero-order valence-corrected chi connectivity index (χ0v) is 11.5. The largest absolute Gasteiger partial charge is 0.478 e. The first-order valence-corrected chi connectivity index (χ1v) is 6.30.